The molecule has 0 amide bonds. The highest BCUT2D eigenvalue weighted by atomic mass is 31.2. The van der Waals surface area contributed by atoms with Gasteiger partial charge in [0.1, 0.15) is 17.2 Å². The Balaban J connectivity index is 2.32. The smallest absolute Gasteiger partial charge is 0.396 e. The van der Waals surface area contributed by atoms with Gasteiger partial charge in [-0.2, -0.15) is 0 Å². The Kier molecular flexibility index (Phi) is 25.2. The van der Waals surface area contributed by atoms with E-state index in [4.69, 9.17) is 13.6 Å². The van der Waals surface area contributed by atoms with Crippen molar-refractivity contribution in [3.63, 3.8) is 0 Å². The van der Waals surface area contributed by atoms with Crippen molar-refractivity contribution in [2.45, 2.75) is 0 Å². The number of benzene rings is 3. The molecule has 0 saturated heterocycles. The summed E-state index contributed by atoms with van der Waals surface area (Å²) < 4.78 is 90.6. The Labute approximate surface area is 424 Å². The molecule has 0 fully saturated rings. The first-order valence-electron chi connectivity index (χ1n) is 22.8. The van der Waals surface area contributed by atoms with Crippen molar-refractivity contribution in [3.05, 3.63) is 225 Å². The third-order valence-electron chi connectivity index (χ3n) is 10.5. The summed E-state index contributed by atoms with van der Waals surface area (Å²) in [5.41, 5.74) is 0. The molecule has 3 rings (SSSR count). The van der Waals surface area contributed by atoms with Crippen LogP contribution in [0.2, 0.25) is 0 Å². The minimum Gasteiger partial charge on any atom is -0.422 e. The largest absolute Gasteiger partial charge is 0.422 e. The lowest BCUT2D eigenvalue weighted by Gasteiger charge is -2.36. The van der Waals surface area contributed by atoms with Crippen LogP contribution in [0.25, 0.3) is 0 Å². The highest BCUT2D eigenvalue weighted by molar-refractivity contribution is 7.85. The fourth-order valence-electron chi connectivity index (χ4n) is 7.37. The van der Waals surface area contributed by atoms with Gasteiger partial charge in [0.25, 0.3) is 0 Å². The second-order valence-electron chi connectivity index (χ2n) is 15.5. The van der Waals surface area contributed by atoms with Gasteiger partial charge < -0.3 is 18.1 Å². The Morgan fingerprint density at radius 1 is 0.282 bits per heavy atom. The second-order valence-corrected chi connectivity index (χ2v) is 25.2. The monoisotopic (exact) mass is 1040 g/mol. The summed E-state index contributed by atoms with van der Waals surface area (Å²) in [5, 5.41) is 1.21. The third kappa shape index (κ3) is 15.1. The molecule has 0 aliphatic heterocycles. The summed E-state index contributed by atoms with van der Waals surface area (Å²) in [6, 6.07) is 19.8. The molecule has 0 saturated carbocycles. The van der Waals surface area contributed by atoms with Gasteiger partial charge in [-0.15, -0.1) is 78.9 Å². The van der Waals surface area contributed by atoms with E-state index in [-0.39, 0.29) is 95.8 Å². The minimum absolute atomic E-state index is 0.230. The average molecular weight is 1040 g/mol. The van der Waals surface area contributed by atoms with Crippen molar-refractivity contribution in [3.8, 4) is 17.2 Å². The maximum atomic E-state index is 16.2. The van der Waals surface area contributed by atoms with E-state index in [0.717, 1.165) is 0 Å². The van der Waals surface area contributed by atoms with Crippen LogP contribution in [-0.2, 0) is 18.3 Å². The van der Waals surface area contributed by atoms with Crippen molar-refractivity contribution in [1.29, 1.82) is 0 Å². The standard InChI is InChI=1S/C54H72N6O7P4/c1-13-37-55(38-14-2)69(62,56(39-15-3)40-16-4)65-49-25-31-52(32-26-49)68(61,53-33-27-50(28-34-53)66-70(63,57(41-17-5)42-18-6)58(43-19-7)44-20-8)54-35-29-51(30-36-54)67-71(64,59(45-21-9)46-22-10)60(47-23-11)48-24-12/h13-36H,1-12,37-48H2. The summed E-state index contributed by atoms with van der Waals surface area (Å²) in [6.45, 7) is 49.1. The minimum atomic E-state index is -3.83. The van der Waals surface area contributed by atoms with Crippen molar-refractivity contribution in [1.82, 2.24) is 28.0 Å². The van der Waals surface area contributed by atoms with E-state index in [0.29, 0.717) is 15.9 Å². The van der Waals surface area contributed by atoms with Crippen LogP contribution in [0.3, 0.4) is 0 Å². The molecule has 0 radical (unpaired) electrons. The quantitative estimate of drug-likeness (QED) is 0.0399. The van der Waals surface area contributed by atoms with E-state index in [9.17, 15) is 0 Å². The van der Waals surface area contributed by atoms with Gasteiger partial charge in [0.15, 0.2) is 7.14 Å². The van der Waals surface area contributed by atoms with Crippen molar-refractivity contribution < 1.29 is 31.8 Å². The zero-order chi connectivity index (χ0) is 52.5. The van der Waals surface area contributed by atoms with E-state index in [1.54, 1.807) is 174 Å². The molecule has 0 bridgehead atoms. The van der Waals surface area contributed by atoms with Crippen LogP contribution in [0.15, 0.2) is 225 Å². The summed E-state index contributed by atoms with van der Waals surface area (Å²) in [5.74, 6) is 0.745. The summed E-state index contributed by atoms with van der Waals surface area (Å²) >= 11 is 0. The highest BCUT2D eigenvalue weighted by Gasteiger charge is 2.42. The molecule has 13 nitrogen and oxygen atoms in total. The van der Waals surface area contributed by atoms with Gasteiger partial charge in [-0.3, -0.25) is 0 Å². The molecule has 0 aliphatic rings. The molecule has 71 heavy (non-hydrogen) atoms. The van der Waals surface area contributed by atoms with Crippen LogP contribution >= 0.6 is 30.2 Å². The van der Waals surface area contributed by atoms with E-state index in [1.807, 2.05) is 0 Å². The van der Waals surface area contributed by atoms with Gasteiger partial charge in [0, 0.05) is 94.5 Å². The Morgan fingerprint density at radius 3 is 0.549 bits per heavy atom. The van der Waals surface area contributed by atoms with E-state index in [1.165, 1.54) is 0 Å². The second kappa shape index (κ2) is 29.8. The number of nitrogens with zero attached hydrogens (tertiary/aromatic N) is 6. The summed E-state index contributed by atoms with van der Waals surface area (Å²) in [4.78, 5) is 0. The van der Waals surface area contributed by atoms with Crippen LogP contribution in [0.4, 0.5) is 0 Å². The summed E-state index contributed by atoms with van der Waals surface area (Å²) in [7, 11) is -15.3. The van der Waals surface area contributed by atoms with Gasteiger partial charge in [-0.05, 0) is 72.8 Å². The van der Waals surface area contributed by atoms with Crippen LogP contribution in [0, 0.1) is 0 Å². The molecule has 0 aromatic heterocycles. The van der Waals surface area contributed by atoms with Crippen molar-refractivity contribution in [2.24, 2.45) is 0 Å². The fourth-order valence-corrected chi connectivity index (χ4v) is 16.8. The Bertz CT molecular complexity index is 2110. The molecular formula is C54H72N6O7P4. The van der Waals surface area contributed by atoms with Crippen molar-refractivity contribution in [2.75, 3.05) is 78.5 Å². The summed E-state index contributed by atoms with van der Waals surface area (Å²) in [6.07, 6.45) is 19.6. The molecule has 380 valence electrons. The predicted octanol–water partition coefficient (Wildman–Crippen LogP) is 11.8. The number of hydrogen-bond acceptors (Lipinski definition) is 7. The molecule has 3 aromatic carbocycles. The van der Waals surface area contributed by atoms with Crippen LogP contribution in [0.1, 0.15) is 0 Å². The first-order chi connectivity index (χ1) is 34.2. The van der Waals surface area contributed by atoms with Gasteiger partial charge in [0.05, 0.1) is 0 Å². The molecule has 17 heteroatoms. The zero-order valence-electron chi connectivity index (χ0n) is 41.2. The van der Waals surface area contributed by atoms with Gasteiger partial charge in [-0.1, -0.05) is 72.9 Å². The molecule has 0 unspecified atom stereocenters. The first-order valence-corrected chi connectivity index (χ1v) is 29.1. The lowest BCUT2D eigenvalue weighted by Crippen LogP contribution is -2.35. The normalized spacial score (nSPS) is 12.0. The van der Waals surface area contributed by atoms with Crippen LogP contribution in [-0.4, -0.2) is 107 Å². The molecule has 0 N–H and O–H groups in total. The molecule has 3 aromatic rings. The van der Waals surface area contributed by atoms with Crippen molar-refractivity contribution >= 4 is 46.1 Å². The maximum absolute atomic E-state index is 16.2. The SMILES string of the molecule is C=CCN(CC=C)P(=O)(Oc1ccc(P(=O)(c2ccc(OP(=O)(N(CC=C)CC=C)N(CC=C)CC=C)cc2)c2ccc(OP(=O)(N(CC=C)CC=C)N(CC=C)CC=C)cc2)cc1)N(CC=C)CC=C. The fraction of sp³-hybridized carbons (Fsp3) is 0.222. The number of rotatable bonds is 39. The average Bonchev–Trinajstić information content (AvgIpc) is 3.36. The molecule has 0 heterocycles. The highest BCUT2D eigenvalue weighted by Crippen LogP contribution is 2.57. The zero-order valence-corrected chi connectivity index (χ0v) is 44.7. The third-order valence-corrected chi connectivity index (χ3v) is 21.2. The molecule has 0 spiro atoms. The van der Waals surface area contributed by atoms with E-state index in [2.05, 4.69) is 78.9 Å². The van der Waals surface area contributed by atoms with Gasteiger partial charge in [-0.25, -0.2) is 41.7 Å². The van der Waals surface area contributed by atoms with E-state index < -0.39 is 30.2 Å². The van der Waals surface area contributed by atoms with Crippen LogP contribution < -0.4 is 29.5 Å². The Hall–Kier alpha value is -5.38. The van der Waals surface area contributed by atoms with E-state index >= 15 is 18.3 Å². The van der Waals surface area contributed by atoms with Gasteiger partial charge in [0.2, 0.25) is 0 Å². The molecule has 0 atom stereocenters. The molecule has 0 aliphatic carbocycles. The predicted molar refractivity (Wildman–Crippen MR) is 302 cm³/mol. The molecular weight excluding hydrogens is 969 g/mol. The van der Waals surface area contributed by atoms with Crippen LogP contribution in [0.5, 0.6) is 17.2 Å². The van der Waals surface area contributed by atoms with Gasteiger partial charge >= 0.3 is 23.0 Å². The topological polar surface area (TPSA) is 115 Å². The lowest BCUT2D eigenvalue weighted by molar-refractivity contribution is 0.312. The number of hydrogen-bond donors (Lipinski definition) is 0. The Morgan fingerprint density at radius 2 is 0.423 bits per heavy atom. The lowest BCUT2D eigenvalue weighted by atomic mass is 10.3. The first kappa shape index (κ1) is 59.9. The maximum Gasteiger partial charge on any atom is 0.396 e.